The summed E-state index contributed by atoms with van der Waals surface area (Å²) in [7, 11) is 1.51. The highest BCUT2D eigenvalue weighted by Gasteiger charge is 2.22. The summed E-state index contributed by atoms with van der Waals surface area (Å²) in [5.41, 5.74) is 0.121. The molecule has 0 saturated carbocycles. The number of hydrogen-bond donors (Lipinski definition) is 1. The number of nitrogens with one attached hydrogen (secondary N) is 1. The molecule has 7 heteroatoms. The Balaban J connectivity index is 1.60. The van der Waals surface area contributed by atoms with Crippen LogP contribution in [0.15, 0.2) is 34.2 Å². The third kappa shape index (κ3) is 3.84. The van der Waals surface area contributed by atoms with E-state index in [1.165, 1.54) is 26.3 Å². The van der Waals surface area contributed by atoms with Crippen molar-refractivity contribution in [3.63, 3.8) is 0 Å². The molecule has 1 saturated heterocycles. The fourth-order valence-electron chi connectivity index (χ4n) is 3.45. The van der Waals surface area contributed by atoms with Crippen molar-refractivity contribution in [1.82, 2.24) is 24.2 Å². The average Bonchev–Trinajstić information content (AvgIpc) is 3.11. The third-order valence-electron chi connectivity index (χ3n) is 4.92. The molecule has 3 rings (SSSR count). The van der Waals surface area contributed by atoms with Crippen LogP contribution in [0.25, 0.3) is 0 Å². The van der Waals surface area contributed by atoms with Crippen LogP contribution in [0, 0.1) is 0 Å². The van der Waals surface area contributed by atoms with Crippen LogP contribution in [0.1, 0.15) is 31.2 Å². The molecule has 130 valence electrons. The minimum absolute atomic E-state index is 0.191. The number of hydrogen-bond acceptors (Lipinski definition) is 4. The number of aromatic nitrogens is 4. The molecule has 1 N–H and O–H groups in total. The Morgan fingerprint density at radius 3 is 2.96 bits per heavy atom. The Labute approximate surface area is 140 Å². The lowest BCUT2D eigenvalue weighted by molar-refractivity contribution is 0.136. The van der Waals surface area contributed by atoms with E-state index in [-0.39, 0.29) is 11.2 Å². The van der Waals surface area contributed by atoms with E-state index in [4.69, 9.17) is 0 Å². The normalized spacial score (nSPS) is 18.8. The van der Waals surface area contributed by atoms with Gasteiger partial charge in [0.05, 0.1) is 0 Å². The Bertz CT molecular complexity index is 762. The molecule has 1 unspecified atom stereocenters. The van der Waals surface area contributed by atoms with Crippen molar-refractivity contribution < 1.29 is 0 Å². The van der Waals surface area contributed by atoms with Crippen LogP contribution in [0.4, 0.5) is 0 Å². The van der Waals surface area contributed by atoms with Crippen LogP contribution in [0.3, 0.4) is 0 Å². The molecule has 2 aromatic heterocycles. The summed E-state index contributed by atoms with van der Waals surface area (Å²) in [5.74, 6) is 0. The maximum Gasteiger partial charge on any atom is 0.328 e. The minimum Gasteiger partial charge on any atom is -0.314 e. The van der Waals surface area contributed by atoms with Crippen LogP contribution < -0.4 is 11.2 Å². The van der Waals surface area contributed by atoms with Gasteiger partial charge >= 0.3 is 5.69 Å². The average molecular weight is 331 g/mol. The van der Waals surface area contributed by atoms with Crippen LogP contribution in [0.2, 0.25) is 0 Å². The molecule has 0 aliphatic carbocycles. The van der Waals surface area contributed by atoms with Gasteiger partial charge in [-0.25, -0.2) is 4.79 Å². The molecule has 24 heavy (non-hydrogen) atoms. The second-order valence-electron chi connectivity index (χ2n) is 6.48. The largest absolute Gasteiger partial charge is 0.328 e. The summed E-state index contributed by atoms with van der Waals surface area (Å²) >= 11 is 0. The van der Waals surface area contributed by atoms with Crippen molar-refractivity contribution in [1.29, 1.82) is 0 Å². The van der Waals surface area contributed by atoms with Gasteiger partial charge in [-0.2, -0.15) is 5.10 Å². The number of likely N-dealkylation sites (tertiary alicyclic amines) is 1. The number of H-pyrrole nitrogens is 1. The fourth-order valence-corrected chi connectivity index (χ4v) is 3.45. The lowest BCUT2D eigenvalue weighted by Crippen LogP contribution is -2.42. The van der Waals surface area contributed by atoms with E-state index >= 15 is 0 Å². The first-order valence-electron chi connectivity index (χ1n) is 8.64. The van der Waals surface area contributed by atoms with Crippen LogP contribution in [0.5, 0.6) is 0 Å². The van der Waals surface area contributed by atoms with Crippen LogP contribution in [-0.2, 0) is 20.0 Å². The quantitative estimate of drug-likeness (QED) is 0.848. The lowest BCUT2D eigenvalue weighted by Gasteiger charge is -2.35. The molecule has 1 aliphatic rings. The molecule has 2 aromatic rings. The van der Waals surface area contributed by atoms with Crippen molar-refractivity contribution in [2.75, 3.05) is 13.1 Å². The van der Waals surface area contributed by atoms with E-state index in [0.29, 0.717) is 18.0 Å². The maximum atomic E-state index is 12.1. The summed E-state index contributed by atoms with van der Waals surface area (Å²) in [4.78, 5) is 28.7. The Hall–Kier alpha value is -2.15. The first-order valence-corrected chi connectivity index (χ1v) is 8.64. The summed E-state index contributed by atoms with van der Waals surface area (Å²) in [6, 6.07) is 2.49. The van der Waals surface area contributed by atoms with Gasteiger partial charge in [0.1, 0.15) is 0 Å². The molecule has 0 radical (unpaired) electrons. The first-order chi connectivity index (χ1) is 11.6. The van der Waals surface area contributed by atoms with E-state index in [0.717, 1.165) is 30.6 Å². The number of rotatable bonds is 6. The van der Waals surface area contributed by atoms with Crippen molar-refractivity contribution >= 4 is 0 Å². The van der Waals surface area contributed by atoms with Gasteiger partial charge in [0, 0.05) is 50.3 Å². The number of piperidine rings is 1. The monoisotopic (exact) mass is 331 g/mol. The van der Waals surface area contributed by atoms with Crippen LogP contribution in [-0.4, -0.2) is 43.4 Å². The smallest absolute Gasteiger partial charge is 0.314 e. The molecule has 0 aromatic carbocycles. The Morgan fingerprint density at radius 2 is 2.17 bits per heavy atom. The van der Waals surface area contributed by atoms with Crippen molar-refractivity contribution in [2.24, 2.45) is 7.05 Å². The highest BCUT2D eigenvalue weighted by molar-refractivity contribution is 5.05. The van der Waals surface area contributed by atoms with Gasteiger partial charge in [-0.3, -0.25) is 18.9 Å². The van der Waals surface area contributed by atoms with Gasteiger partial charge in [0.15, 0.2) is 0 Å². The Morgan fingerprint density at radius 1 is 1.29 bits per heavy atom. The second kappa shape index (κ2) is 7.61. The second-order valence-corrected chi connectivity index (χ2v) is 6.48. The molecule has 1 atom stereocenters. The zero-order valence-electron chi connectivity index (χ0n) is 14.1. The third-order valence-corrected chi connectivity index (χ3v) is 4.92. The molecule has 1 aliphatic heterocycles. The molecule has 3 heterocycles. The molecule has 0 spiro atoms. The zero-order chi connectivity index (χ0) is 16.9. The van der Waals surface area contributed by atoms with Gasteiger partial charge < -0.3 is 4.98 Å². The topological polar surface area (TPSA) is 75.9 Å². The lowest BCUT2D eigenvalue weighted by atomic mass is 9.98. The van der Waals surface area contributed by atoms with Crippen molar-refractivity contribution in [3.05, 3.63) is 51.1 Å². The van der Waals surface area contributed by atoms with E-state index in [1.807, 2.05) is 23.1 Å². The molecule has 0 amide bonds. The summed E-state index contributed by atoms with van der Waals surface area (Å²) in [5, 5.41) is 4.27. The van der Waals surface area contributed by atoms with Gasteiger partial charge in [0.25, 0.3) is 5.56 Å². The van der Waals surface area contributed by atoms with E-state index in [9.17, 15) is 9.59 Å². The molecule has 0 bridgehead atoms. The van der Waals surface area contributed by atoms with Crippen LogP contribution >= 0.6 is 0 Å². The molecule has 7 nitrogen and oxygen atoms in total. The maximum absolute atomic E-state index is 12.1. The highest BCUT2D eigenvalue weighted by atomic mass is 16.2. The van der Waals surface area contributed by atoms with Crippen molar-refractivity contribution in [2.45, 2.75) is 44.7 Å². The predicted molar refractivity (Wildman–Crippen MR) is 92.1 cm³/mol. The van der Waals surface area contributed by atoms with E-state index in [1.54, 1.807) is 6.20 Å². The summed E-state index contributed by atoms with van der Waals surface area (Å²) in [6.07, 6.45) is 10.8. The number of aromatic amines is 1. The predicted octanol–water partition coefficient (Wildman–Crippen LogP) is 0.757. The number of aryl methyl sites for hydroxylation is 1. The highest BCUT2D eigenvalue weighted by Crippen LogP contribution is 2.20. The molecular formula is C17H25N5O2. The summed E-state index contributed by atoms with van der Waals surface area (Å²) < 4.78 is 3.12. The van der Waals surface area contributed by atoms with E-state index < -0.39 is 0 Å². The molecular weight excluding hydrogens is 306 g/mol. The Kier molecular flexibility index (Phi) is 5.30. The SMILES string of the molecule is Cn1c(=O)[nH]cc(CCN2CCCCC2CCn2cccn2)c1=O. The van der Waals surface area contributed by atoms with Gasteiger partial charge in [-0.05, 0) is 38.3 Å². The molecule has 1 fully saturated rings. The zero-order valence-corrected chi connectivity index (χ0v) is 14.1. The minimum atomic E-state index is -0.362. The van der Waals surface area contributed by atoms with Gasteiger partial charge in [0.2, 0.25) is 0 Å². The standard InChI is InChI=1S/C17H25N5O2/c1-20-16(23)14(13-18-17(20)24)6-11-21-9-3-2-5-15(21)7-12-22-10-4-8-19-22/h4,8,10,13,15H,2-3,5-7,9,11-12H2,1H3,(H,18,24). The first kappa shape index (κ1) is 16.7. The van der Waals surface area contributed by atoms with Gasteiger partial charge in [-0.15, -0.1) is 0 Å². The fraction of sp³-hybridized carbons (Fsp3) is 0.588. The van der Waals surface area contributed by atoms with Crippen molar-refractivity contribution in [3.8, 4) is 0 Å². The van der Waals surface area contributed by atoms with E-state index in [2.05, 4.69) is 15.0 Å². The van der Waals surface area contributed by atoms with Gasteiger partial charge in [-0.1, -0.05) is 6.42 Å². The number of nitrogens with zero attached hydrogens (tertiary/aromatic N) is 4. The summed E-state index contributed by atoms with van der Waals surface area (Å²) in [6.45, 7) is 2.85.